The van der Waals surface area contributed by atoms with Gasteiger partial charge < -0.3 is 9.72 Å². The number of alkyl halides is 3. The van der Waals surface area contributed by atoms with Crippen LogP contribution in [0.2, 0.25) is 0 Å². The Hall–Kier alpha value is -4.28. The lowest BCUT2D eigenvalue weighted by molar-refractivity contribution is -0.274. The van der Waals surface area contributed by atoms with Gasteiger partial charge in [0.1, 0.15) is 17.4 Å². The molecular formula is C23H13F5N4O2. The number of hydrogen-bond donors (Lipinski definition) is 1. The minimum Gasteiger partial charge on any atom is -0.406 e. The van der Waals surface area contributed by atoms with Crippen LogP contribution in [0, 0.1) is 18.6 Å². The van der Waals surface area contributed by atoms with Crippen molar-refractivity contribution < 1.29 is 26.7 Å². The molecule has 6 nitrogen and oxygen atoms in total. The number of aromatic nitrogens is 4. The molecule has 1 N–H and O–H groups in total. The minimum absolute atomic E-state index is 0.117. The molecule has 0 aliphatic rings. The topological polar surface area (TPSA) is 72.3 Å². The summed E-state index contributed by atoms with van der Waals surface area (Å²) >= 11 is 0. The van der Waals surface area contributed by atoms with E-state index >= 15 is 0 Å². The van der Waals surface area contributed by atoms with Gasteiger partial charge in [-0.25, -0.2) is 18.3 Å². The van der Waals surface area contributed by atoms with Crippen molar-refractivity contribution in [3.05, 3.63) is 82.1 Å². The zero-order valence-corrected chi connectivity index (χ0v) is 17.2. The lowest BCUT2D eigenvalue weighted by atomic mass is 10.1. The van der Waals surface area contributed by atoms with E-state index in [1.807, 2.05) is 0 Å². The molecule has 0 amide bonds. The van der Waals surface area contributed by atoms with Gasteiger partial charge in [0.15, 0.2) is 16.9 Å². The van der Waals surface area contributed by atoms with Gasteiger partial charge in [0.2, 0.25) is 0 Å². The average molecular weight is 472 g/mol. The maximum atomic E-state index is 14.3. The number of nitrogens with one attached hydrogen (secondary N) is 1. The molecule has 0 unspecified atom stereocenters. The highest BCUT2D eigenvalue weighted by Gasteiger charge is 2.31. The highest BCUT2D eigenvalue weighted by molar-refractivity contribution is 5.83. The molecule has 5 aromatic rings. The van der Waals surface area contributed by atoms with E-state index in [0.29, 0.717) is 22.8 Å². The van der Waals surface area contributed by atoms with E-state index in [2.05, 4.69) is 19.8 Å². The van der Waals surface area contributed by atoms with Crippen LogP contribution >= 0.6 is 0 Å². The third-order valence-corrected chi connectivity index (χ3v) is 5.24. The molecule has 3 heterocycles. The second-order valence-electron chi connectivity index (χ2n) is 7.49. The Balaban J connectivity index is 1.56. The Morgan fingerprint density at radius 3 is 2.41 bits per heavy atom. The summed E-state index contributed by atoms with van der Waals surface area (Å²) in [5.41, 5.74) is 1.31. The number of ether oxygens (including phenoxy) is 1. The van der Waals surface area contributed by atoms with Crippen LogP contribution in [0.3, 0.4) is 0 Å². The van der Waals surface area contributed by atoms with Crippen molar-refractivity contribution in [3.63, 3.8) is 0 Å². The zero-order chi connectivity index (χ0) is 24.2. The molecule has 0 saturated heterocycles. The van der Waals surface area contributed by atoms with Crippen LogP contribution in [0.1, 0.15) is 5.56 Å². The molecule has 2 aromatic carbocycles. The van der Waals surface area contributed by atoms with Crippen molar-refractivity contribution in [3.8, 4) is 28.4 Å². The largest absolute Gasteiger partial charge is 0.573 e. The van der Waals surface area contributed by atoms with Crippen molar-refractivity contribution in [2.24, 2.45) is 0 Å². The molecule has 0 radical (unpaired) electrons. The minimum atomic E-state index is -4.78. The van der Waals surface area contributed by atoms with Crippen LogP contribution in [0.25, 0.3) is 39.2 Å². The quantitative estimate of drug-likeness (QED) is 0.358. The predicted molar refractivity (Wildman–Crippen MR) is 113 cm³/mol. The van der Waals surface area contributed by atoms with Crippen molar-refractivity contribution in [1.82, 2.24) is 19.6 Å². The van der Waals surface area contributed by atoms with Gasteiger partial charge in [0.25, 0.3) is 0 Å². The molecule has 172 valence electrons. The summed E-state index contributed by atoms with van der Waals surface area (Å²) < 4.78 is 70.2. The van der Waals surface area contributed by atoms with Crippen molar-refractivity contribution >= 4 is 16.6 Å². The summed E-state index contributed by atoms with van der Waals surface area (Å²) in [6, 6.07) is 10.3. The van der Waals surface area contributed by atoms with Gasteiger partial charge in [-0.3, -0.25) is 4.79 Å². The van der Waals surface area contributed by atoms with Crippen LogP contribution < -0.4 is 10.2 Å². The van der Waals surface area contributed by atoms with Gasteiger partial charge in [-0.15, -0.1) is 18.3 Å². The summed E-state index contributed by atoms with van der Waals surface area (Å²) in [7, 11) is 0. The number of hydrogen-bond acceptors (Lipinski definition) is 4. The molecule has 0 saturated carbocycles. The fourth-order valence-corrected chi connectivity index (χ4v) is 3.65. The van der Waals surface area contributed by atoms with Gasteiger partial charge in [-0.2, -0.15) is 0 Å². The predicted octanol–water partition coefficient (Wildman–Crippen LogP) is 5.39. The first kappa shape index (κ1) is 21.6. The van der Waals surface area contributed by atoms with Crippen LogP contribution in [0.15, 0.2) is 59.5 Å². The Bertz CT molecular complexity index is 1620. The van der Waals surface area contributed by atoms with E-state index in [1.165, 1.54) is 35.7 Å². The summed E-state index contributed by atoms with van der Waals surface area (Å²) in [6.45, 7) is 1.50. The molecule has 0 bridgehead atoms. The molecular weight excluding hydrogens is 459 g/mol. The maximum absolute atomic E-state index is 14.3. The standard InChI is InChI=1S/C23H13F5N4O2/c1-11-19(30-20-16(21(11)33)8-14(24)9-17(20)25)22-29-18-7-4-13(10-32(18)31-22)12-2-5-15(6-3-12)34-23(26,27)28/h2-10H,1H3,(H,30,33). The molecule has 5 rings (SSSR count). The van der Waals surface area contributed by atoms with Crippen LogP contribution in [0.4, 0.5) is 22.0 Å². The summed E-state index contributed by atoms with van der Waals surface area (Å²) in [5, 5.41) is 4.23. The van der Waals surface area contributed by atoms with E-state index in [9.17, 15) is 26.7 Å². The summed E-state index contributed by atoms with van der Waals surface area (Å²) in [5.74, 6) is -2.01. The van der Waals surface area contributed by atoms with Gasteiger partial charge in [0, 0.05) is 23.4 Å². The fraction of sp³-hybridized carbons (Fsp3) is 0.0870. The monoisotopic (exact) mass is 472 g/mol. The number of nitrogens with zero attached hydrogens (tertiary/aromatic N) is 3. The number of H-pyrrole nitrogens is 1. The van der Waals surface area contributed by atoms with Crippen LogP contribution in [-0.4, -0.2) is 25.9 Å². The number of fused-ring (bicyclic) bond motifs is 2. The second kappa shape index (κ2) is 7.65. The van der Waals surface area contributed by atoms with E-state index in [0.717, 1.165) is 6.07 Å². The van der Waals surface area contributed by atoms with Gasteiger partial charge >= 0.3 is 6.36 Å². The molecule has 34 heavy (non-hydrogen) atoms. The van der Waals surface area contributed by atoms with Gasteiger partial charge in [-0.05, 0) is 42.8 Å². The first-order valence-corrected chi connectivity index (χ1v) is 9.84. The average Bonchev–Trinajstić information content (AvgIpc) is 3.19. The van der Waals surface area contributed by atoms with E-state index in [4.69, 9.17) is 0 Å². The summed E-state index contributed by atoms with van der Waals surface area (Å²) in [6.07, 6.45) is -3.17. The Kier molecular flexibility index (Phi) is 4.85. The van der Waals surface area contributed by atoms with E-state index in [-0.39, 0.29) is 33.7 Å². The highest BCUT2D eigenvalue weighted by atomic mass is 19.4. The van der Waals surface area contributed by atoms with Crippen molar-refractivity contribution in [1.29, 1.82) is 0 Å². The lowest BCUT2D eigenvalue weighted by Crippen LogP contribution is -2.16. The number of aromatic amines is 1. The first-order chi connectivity index (χ1) is 16.1. The summed E-state index contributed by atoms with van der Waals surface area (Å²) in [4.78, 5) is 19.9. The number of rotatable bonds is 3. The van der Waals surface area contributed by atoms with Crippen molar-refractivity contribution in [2.45, 2.75) is 13.3 Å². The number of pyridine rings is 2. The smallest absolute Gasteiger partial charge is 0.406 e. The molecule has 0 atom stereocenters. The maximum Gasteiger partial charge on any atom is 0.573 e. The van der Waals surface area contributed by atoms with Gasteiger partial charge in [-0.1, -0.05) is 12.1 Å². The molecule has 0 spiro atoms. The number of halogens is 5. The van der Waals surface area contributed by atoms with E-state index < -0.39 is 23.4 Å². The normalized spacial score (nSPS) is 11.9. The SMILES string of the molecule is Cc1c(-c2nc3ccc(-c4ccc(OC(F)(F)F)cc4)cn3n2)[nH]c2c(F)cc(F)cc2c1=O. The van der Waals surface area contributed by atoms with Crippen LogP contribution in [-0.2, 0) is 0 Å². The number of benzene rings is 2. The van der Waals surface area contributed by atoms with E-state index in [1.54, 1.807) is 18.3 Å². The molecule has 3 aromatic heterocycles. The Labute approximate surface area is 187 Å². The fourth-order valence-electron chi connectivity index (χ4n) is 3.65. The highest BCUT2D eigenvalue weighted by Crippen LogP contribution is 2.27. The lowest BCUT2D eigenvalue weighted by Gasteiger charge is -2.09. The van der Waals surface area contributed by atoms with Crippen LogP contribution in [0.5, 0.6) is 5.75 Å². The molecule has 0 fully saturated rings. The Morgan fingerprint density at radius 2 is 1.71 bits per heavy atom. The molecule has 0 aliphatic heterocycles. The zero-order valence-electron chi connectivity index (χ0n) is 17.2. The Morgan fingerprint density at radius 1 is 1.00 bits per heavy atom. The third-order valence-electron chi connectivity index (χ3n) is 5.24. The van der Waals surface area contributed by atoms with Gasteiger partial charge in [0.05, 0.1) is 16.6 Å². The second-order valence-corrected chi connectivity index (χ2v) is 7.49. The first-order valence-electron chi connectivity index (χ1n) is 9.84. The molecule has 0 aliphatic carbocycles. The molecule has 11 heteroatoms. The van der Waals surface area contributed by atoms with Crippen molar-refractivity contribution in [2.75, 3.05) is 0 Å². The third kappa shape index (κ3) is 3.85.